The SMILES string of the molecule is NC(=O)[C@@]1(CF)COc2c1cc(C(O)(CNC(=O)c1ccc3nc(N)sc3c1)C(F)(F)F)nc2-c1ccc(F)cc1. The molecule has 2 atom stereocenters. The van der Waals surface area contributed by atoms with Crippen molar-refractivity contribution in [1.82, 2.24) is 15.3 Å². The number of hydrogen-bond acceptors (Lipinski definition) is 8. The number of nitrogens with one attached hydrogen (secondary N) is 1. The van der Waals surface area contributed by atoms with Gasteiger partial charge in [0.05, 0.1) is 22.5 Å². The number of nitrogens with zero attached hydrogens (tertiary/aromatic N) is 2. The zero-order valence-corrected chi connectivity index (χ0v) is 21.6. The highest BCUT2D eigenvalue weighted by molar-refractivity contribution is 7.22. The number of alkyl halides is 4. The van der Waals surface area contributed by atoms with E-state index in [4.69, 9.17) is 16.2 Å². The number of anilines is 1. The molecule has 41 heavy (non-hydrogen) atoms. The highest BCUT2D eigenvalue weighted by Gasteiger charge is 2.58. The van der Waals surface area contributed by atoms with Crippen molar-refractivity contribution in [2.24, 2.45) is 5.73 Å². The van der Waals surface area contributed by atoms with Gasteiger partial charge in [0.2, 0.25) is 11.5 Å². The molecule has 3 heterocycles. The molecular formula is C26H20F5N5O4S. The summed E-state index contributed by atoms with van der Waals surface area (Å²) in [4.78, 5) is 33.2. The van der Waals surface area contributed by atoms with Crippen LogP contribution in [0.3, 0.4) is 0 Å². The Morgan fingerprint density at radius 2 is 1.83 bits per heavy atom. The van der Waals surface area contributed by atoms with Gasteiger partial charge in [0.1, 0.15) is 36.0 Å². The summed E-state index contributed by atoms with van der Waals surface area (Å²) in [6, 6.07) is 9.23. The average Bonchev–Trinajstić information content (AvgIpc) is 3.50. The highest BCUT2D eigenvalue weighted by Crippen LogP contribution is 2.48. The van der Waals surface area contributed by atoms with Gasteiger partial charge in [-0.1, -0.05) is 11.3 Å². The Kier molecular flexibility index (Phi) is 6.82. The van der Waals surface area contributed by atoms with Crippen LogP contribution in [0, 0.1) is 5.82 Å². The quantitative estimate of drug-likeness (QED) is 0.240. The number of aliphatic hydroxyl groups is 1. The number of hydrogen-bond donors (Lipinski definition) is 4. The van der Waals surface area contributed by atoms with Crippen molar-refractivity contribution in [1.29, 1.82) is 0 Å². The Bertz CT molecular complexity index is 1680. The number of amides is 2. The summed E-state index contributed by atoms with van der Waals surface area (Å²) in [6.07, 6.45) is -5.43. The average molecular weight is 594 g/mol. The molecule has 1 aliphatic heterocycles. The predicted octanol–water partition coefficient (Wildman–Crippen LogP) is 3.34. The summed E-state index contributed by atoms with van der Waals surface area (Å²) in [5.41, 5.74) is 3.82. The standard InChI is InChI=1S/C26H20F5N5O4S/c27-9-24(22(32)38)11-40-20-15(24)8-18(36-19(20)12-1-4-14(28)5-2-12)25(39,26(29,30)31)10-34-21(37)13-3-6-16-17(7-13)41-23(33)35-16/h1-8,39H,9-11H2,(H2,32,38)(H2,33,35)(H,34,37)/t24-,25?/m0/s1. The van der Waals surface area contributed by atoms with Gasteiger partial charge in [-0.2, -0.15) is 13.2 Å². The minimum atomic E-state index is -5.43. The number of carbonyl (C=O) groups is 2. The summed E-state index contributed by atoms with van der Waals surface area (Å²) in [5.74, 6) is -3.09. The minimum Gasteiger partial charge on any atom is -0.489 e. The molecule has 2 amide bonds. The fourth-order valence-corrected chi connectivity index (χ4v) is 5.21. The number of halogens is 5. The molecule has 1 unspecified atom stereocenters. The number of carbonyl (C=O) groups excluding carboxylic acids is 2. The van der Waals surface area contributed by atoms with Crippen LogP contribution in [0.25, 0.3) is 21.5 Å². The fourth-order valence-electron chi connectivity index (χ4n) is 4.43. The molecule has 9 nitrogen and oxygen atoms in total. The van der Waals surface area contributed by atoms with Crippen LogP contribution in [0.15, 0.2) is 48.5 Å². The Morgan fingerprint density at radius 3 is 2.46 bits per heavy atom. The number of rotatable bonds is 7. The molecule has 0 fully saturated rings. The number of aromatic nitrogens is 2. The first-order chi connectivity index (χ1) is 19.3. The minimum absolute atomic E-state index is 0.0295. The number of fused-ring (bicyclic) bond motifs is 2. The third kappa shape index (κ3) is 4.70. The van der Waals surface area contributed by atoms with E-state index in [9.17, 15) is 36.6 Å². The van der Waals surface area contributed by atoms with Crippen LogP contribution in [0.2, 0.25) is 0 Å². The van der Waals surface area contributed by atoms with Crippen molar-refractivity contribution in [3.05, 3.63) is 71.2 Å². The lowest BCUT2D eigenvalue weighted by Crippen LogP contribution is -2.52. The van der Waals surface area contributed by atoms with Crippen molar-refractivity contribution in [3.63, 3.8) is 0 Å². The summed E-state index contributed by atoms with van der Waals surface area (Å²) in [7, 11) is 0. The van der Waals surface area contributed by atoms with E-state index in [1.54, 1.807) is 0 Å². The second kappa shape index (κ2) is 9.92. The van der Waals surface area contributed by atoms with E-state index in [-0.39, 0.29) is 33.3 Å². The molecule has 0 radical (unpaired) electrons. The van der Waals surface area contributed by atoms with E-state index >= 15 is 0 Å². The van der Waals surface area contributed by atoms with Crippen molar-refractivity contribution in [2.45, 2.75) is 17.2 Å². The van der Waals surface area contributed by atoms with Crippen LogP contribution in [0.5, 0.6) is 5.75 Å². The Hall–Kier alpha value is -4.37. The molecule has 2 aromatic heterocycles. The lowest BCUT2D eigenvalue weighted by molar-refractivity contribution is -0.265. The maximum atomic E-state index is 14.5. The first-order valence-electron chi connectivity index (χ1n) is 11.8. The summed E-state index contributed by atoms with van der Waals surface area (Å²) < 4.78 is 77.4. The van der Waals surface area contributed by atoms with Crippen molar-refractivity contribution >= 4 is 38.5 Å². The van der Waals surface area contributed by atoms with Crippen molar-refractivity contribution in [3.8, 4) is 17.0 Å². The van der Waals surface area contributed by atoms with Gasteiger partial charge in [-0.15, -0.1) is 0 Å². The van der Waals surface area contributed by atoms with E-state index in [1.165, 1.54) is 30.3 Å². The van der Waals surface area contributed by atoms with Crippen LogP contribution in [0.1, 0.15) is 21.6 Å². The molecule has 0 spiro atoms. The third-order valence-corrected chi connectivity index (χ3v) is 7.68. The first-order valence-corrected chi connectivity index (χ1v) is 12.6. The topological polar surface area (TPSA) is 153 Å². The second-order valence-corrected chi connectivity index (χ2v) is 10.4. The number of nitrogens with two attached hydrogens (primary N) is 2. The third-order valence-electron chi connectivity index (χ3n) is 6.83. The van der Waals surface area contributed by atoms with Gasteiger partial charge >= 0.3 is 6.18 Å². The fraction of sp³-hybridized carbons (Fsp3) is 0.231. The van der Waals surface area contributed by atoms with E-state index < -0.39 is 60.3 Å². The molecule has 0 saturated heterocycles. The number of nitrogen functional groups attached to an aromatic ring is 1. The van der Waals surface area contributed by atoms with Crippen LogP contribution < -0.4 is 21.5 Å². The van der Waals surface area contributed by atoms with E-state index in [1.807, 2.05) is 0 Å². The zero-order chi connectivity index (χ0) is 29.7. The molecule has 6 N–H and O–H groups in total. The van der Waals surface area contributed by atoms with Gasteiger partial charge < -0.3 is 26.6 Å². The largest absolute Gasteiger partial charge is 0.489 e. The smallest absolute Gasteiger partial charge is 0.424 e. The molecule has 0 saturated carbocycles. The Morgan fingerprint density at radius 1 is 1.12 bits per heavy atom. The number of benzene rings is 2. The molecule has 4 aromatic rings. The lowest BCUT2D eigenvalue weighted by atomic mass is 9.81. The lowest BCUT2D eigenvalue weighted by Gasteiger charge is -2.31. The molecule has 5 rings (SSSR count). The Balaban J connectivity index is 1.60. The van der Waals surface area contributed by atoms with Crippen molar-refractivity contribution < 1.29 is 41.4 Å². The zero-order valence-electron chi connectivity index (χ0n) is 20.8. The molecule has 2 aromatic carbocycles. The highest BCUT2D eigenvalue weighted by atomic mass is 32.1. The second-order valence-electron chi connectivity index (χ2n) is 9.38. The Labute approximate surface area is 232 Å². The normalized spacial score (nSPS) is 18.0. The van der Waals surface area contributed by atoms with E-state index in [0.717, 1.165) is 23.5 Å². The van der Waals surface area contributed by atoms with E-state index in [0.29, 0.717) is 16.3 Å². The summed E-state index contributed by atoms with van der Waals surface area (Å²) in [5, 5.41) is 13.4. The summed E-state index contributed by atoms with van der Waals surface area (Å²) in [6.45, 7) is -3.47. The molecule has 0 bridgehead atoms. The van der Waals surface area contributed by atoms with E-state index in [2.05, 4.69) is 15.3 Å². The van der Waals surface area contributed by atoms with Gasteiger partial charge in [0.25, 0.3) is 5.91 Å². The van der Waals surface area contributed by atoms with Crippen LogP contribution in [-0.4, -0.2) is 52.9 Å². The van der Waals surface area contributed by atoms with Gasteiger partial charge in [-0.25, -0.2) is 18.7 Å². The molecule has 0 aliphatic carbocycles. The maximum absolute atomic E-state index is 14.5. The maximum Gasteiger partial charge on any atom is 0.424 e. The number of thiazole rings is 1. The molecular weight excluding hydrogens is 573 g/mol. The number of ether oxygens (including phenoxy) is 1. The number of pyridine rings is 1. The first kappa shape index (κ1) is 28.2. The monoisotopic (exact) mass is 593 g/mol. The van der Waals surface area contributed by atoms with Crippen LogP contribution in [0.4, 0.5) is 27.1 Å². The van der Waals surface area contributed by atoms with Crippen LogP contribution in [-0.2, 0) is 15.8 Å². The van der Waals surface area contributed by atoms with Crippen LogP contribution >= 0.6 is 11.3 Å². The molecule has 214 valence electrons. The van der Waals surface area contributed by atoms with Gasteiger partial charge in [-0.3, -0.25) is 9.59 Å². The van der Waals surface area contributed by atoms with Gasteiger partial charge in [0, 0.05) is 16.7 Å². The van der Waals surface area contributed by atoms with Gasteiger partial charge in [0.15, 0.2) is 5.13 Å². The predicted molar refractivity (Wildman–Crippen MR) is 138 cm³/mol. The van der Waals surface area contributed by atoms with Gasteiger partial charge in [-0.05, 0) is 48.5 Å². The van der Waals surface area contributed by atoms with Crippen molar-refractivity contribution in [2.75, 3.05) is 25.6 Å². The molecule has 15 heteroatoms. The molecule has 1 aliphatic rings. The number of primary amides is 1. The summed E-state index contributed by atoms with van der Waals surface area (Å²) >= 11 is 1.07.